The van der Waals surface area contributed by atoms with E-state index in [9.17, 15) is 21.6 Å². The molecule has 0 radical (unpaired) electrons. The van der Waals surface area contributed by atoms with Crippen molar-refractivity contribution in [1.29, 1.82) is 0 Å². The van der Waals surface area contributed by atoms with Gasteiger partial charge in [0.25, 0.3) is 0 Å². The van der Waals surface area contributed by atoms with Crippen molar-refractivity contribution in [2.75, 3.05) is 0 Å². The number of nitrogens with zero attached hydrogens (tertiary/aromatic N) is 1. The van der Waals surface area contributed by atoms with Crippen LogP contribution in [-0.2, 0) is 10.0 Å². The summed E-state index contributed by atoms with van der Waals surface area (Å²) in [6.45, 7) is 3.18. The molecule has 0 bridgehead atoms. The van der Waals surface area contributed by atoms with Crippen LogP contribution >= 0.6 is 11.3 Å². The minimum Gasteiger partial charge on any atom is -0.195 e. The monoisotopic (exact) mass is 285 g/mol. The lowest BCUT2D eigenvalue weighted by Gasteiger charge is -2.09. The van der Waals surface area contributed by atoms with Crippen LogP contribution in [0.1, 0.15) is 18.7 Å². The lowest BCUT2D eigenvalue weighted by atomic mass is 10.1. The van der Waals surface area contributed by atoms with Crippen molar-refractivity contribution in [2.45, 2.75) is 19.4 Å². The Morgan fingerprint density at radius 3 is 2.35 bits per heavy atom. The van der Waals surface area contributed by atoms with Crippen molar-refractivity contribution in [1.82, 2.24) is 0 Å². The van der Waals surface area contributed by atoms with Crippen molar-refractivity contribution >= 4 is 27.1 Å². The summed E-state index contributed by atoms with van der Waals surface area (Å²) in [6.07, 6.45) is 0. The van der Waals surface area contributed by atoms with Gasteiger partial charge < -0.3 is 0 Å². The second kappa shape index (κ2) is 4.77. The molecule has 0 aliphatic carbocycles. The summed E-state index contributed by atoms with van der Waals surface area (Å²) >= 11 is 1.15. The molecule has 0 fully saturated rings. The molecule has 1 aromatic rings. The minimum atomic E-state index is -5.47. The van der Waals surface area contributed by atoms with E-state index in [-0.39, 0.29) is 5.71 Å². The van der Waals surface area contributed by atoms with Crippen LogP contribution < -0.4 is 0 Å². The molecule has 1 aromatic heterocycles. The van der Waals surface area contributed by atoms with E-state index >= 15 is 0 Å². The molecule has 0 aliphatic heterocycles. The number of rotatable bonds is 3. The van der Waals surface area contributed by atoms with Gasteiger partial charge in [-0.05, 0) is 17.4 Å². The maximum Gasteiger partial charge on any atom is 0.518 e. The molecule has 96 valence electrons. The second-order valence-corrected chi connectivity index (χ2v) is 6.07. The van der Waals surface area contributed by atoms with Crippen molar-refractivity contribution in [3.8, 4) is 0 Å². The lowest BCUT2D eigenvalue weighted by Crippen LogP contribution is -2.23. The van der Waals surface area contributed by atoms with E-state index in [1.54, 1.807) is 25.3 Å². The molecule has 1 heterocycles. The average molecular weight is 285 g/mol. The van der Waals surface area contributed by atoms with E-state index in [2.05, 4.69) is 4.40 Å². The summed E-state index contributed by atoms with van der Waals surface area (Å²) in [5.74, 6) is -0.411. The van der Waals surface area contributed by atoms with Gasteiger partial charge in [-0.2, -0.15) is 26.0 Å². The van der Waals surface area contributed by atoms with E-state index in [0.717, 1.165) is 11.3 Å². The highest BCUT2D eigenvalue weighted by Gasteiger charge is 2.46. The molecule has 8 heteroatoms. The fourth-order valence-electron chi connectivity index (χ4n) is 1.04. The third kappa shape index (κ3) is 3.29. The van der Waals surface area contributed by atoms with Gasteiger partial charge in [0.2, 0.25) is 0 Å². The summed E-state index contributed by atoms with van der Waals surface area (Å²) in [6, 6.07) is 3.16. The normalized spacial score (nSPS) is 14.4. The van der Waals surface area contributed by atoms with E-state index in [4.69, 9.17) is 0 Å². The standard InChI is InChI=1S/C9H10F3NO2S2/c1-6(2)8(7-4-3-5-16-7)13-17(14,15)9(10,11)12/h3-6H,1-2H3. The molecular formula is C9H10F3NO2S2. The van der Waals surface area contributed by atoms with Crippen LogP contribution in [0, 0.1) is 5.92 Å². The van der Waals surface area contributed by atoms with Crippen molar-refractivity contribution in [3.05, 3.63) is 22.4 Å². The van der Waals surface area contributed by atoms with Gasteiger partial charge in [-0.3, -0.25) is 0 Å². The zero-order chi connectivity index (χ0) is 13.3. The quantitative estimate of drug-likeness (QED) is 0.801. The fraction of sp³-hybridized carbons (Fsp3) is 0.444. The van der Waals surface area contributed by atoms with E-state index in [1.807, 2.05) is 0 Å². The van der Waals surface area contributed by atoms with Crippen LogP contribution in [0.15, 0.2) is 21.9 Å². The highest BCUT2D eigenvalue weighted by molar-refractivity contribution is 7.91. The Kier molecular flexibility index (Phi) is 3.98. The first-order chi connectivity index (χ1) is 7.65. The van der Waals surface area contributed by atoms with Crippen LogP contribution in [0.3, 0.4) is 0 Å². The van der Waals surface area contributed by atoms with Gasteiger partial charge >= 0.3 is 15.5 Å². The van der Waals surface area contributed by atoms with Gasteiger partial charge in [0, 0.05) is 4.88 Å². The zero-order valence-corrected chi connectivity index (χ0v) is 10.7. The summed E-state index contributed by atoms with van der Waals surface area (Å²) in [5, 5.41) is 1.65. The van der Waals surface area contributed by atoms with E-state index < -0.39 is 21.4 Å². The van der Waals surface area contributed by atoms with E-state index in [1.165, 1.54) is 6.07 Å². The Balaban J connectivity index is 3.28. The van der Waals surface area contributed by atoms with Crippen LogP contribution in [-0.4, -0.2) is 19.6 Å². The van der Waals surface area contributed by atoms with Gasteiger partial charge in [0.1, 0.15) is 0 Å². The largest absolute Gasteiger partial charge is 0.518 e. The van der Waals surface area contributed by atoms with Gasteiger partial charge in [0.05, 0.1) is 5.71 Å². The number of alkyl halides is 3. The average Bonchev–Trinajstić information content (AvgIpc) is 2.64. The van der Waals surface area contributed by atoms with Gasteiger partial charge in [-0.25, -0.2) is 0 Å². The zero-order valence-electron chi connectivity index (χ0n) is 9.02. The van der Waals surface area contributed by atoms with Gasteiger partial charge in [-0.15, -0.1) is 11.3 Å². The smallest absolute Gasteiger partial charge is 0.195 e. The summed E-state index contributed by atoms with van der Waals surface area (Å²) in [4.78, 5) is 0.424. The van der Waals surface area contributed by atoms with Crippen molar-refractivity contribution < 1.29 is 21.6 Å². The molecule has 0 unspecified atom stereocenters. The Labute approximate surface area is 101 Å². The molecule has 17 heavy (non-hydrogen) atoms. The number of halogens is 3. The third-order valence-electron chi connectivity index (χ3n) is 1.83. The molecule has 0 atom stereocenters. The molecule has 1 rings (SSSR count). The highest BCUT2D eigenvalue weighted by atomic mass is 32.2. The van der Waals surface area contributed by atoms with Gasteiger partial charge in [0.15, 0.2) is 0 Å². The van der Waals surface area contributed by atoms with Crippen LogP contribution in [0.25, 0.3) is 0 Å². The first-order valence-electron chi connectivity index (χ1n) is 4.60. The predicted molar refractivity (Wildman–Crippen MR) is 60.7 cm³/mol. The minimum absolute atomic E-state index is 0.0719. The molecular weight excluding hydrogens is 275 g/mol. The maximum atomic E-state index is 12.2. The van der Waals surface area contributed by atoms with Gasteiger partial charge in [-0.1, -0.05) is 19.9 Å². The summed E-state index contributed by atoms with van der Waals surface area (Å²) < 4.78 is 61.4. The van der Waals surface area contributed by atoms with Crippen LogP contribution in [0.5, 0.6) is 0 Å². The molecule has 0 saturated heterocycles. The molecule has 3 nitrogen and oxygen atoms in total. The lowest BCUT2D eigenvalue weighted by molar-refractivity contribution is -0.0435. The molecule has 0 spiro atoms. The second-order valence-electron chi connectivity index (χ2n) is 3.53. The Bertz CT molecular complexity index is 501. The summed E-state index contributed by atoms with van der Waals surface area (Å²) in [7, 11) is -5.47. The Morgan fingerprint density at radius 2 is 2.00 bits per heavy atom. The third-order valence-corrected chi connectivity index (χ3v) is 3.75. The highest BCUT2D eigenvalue weighted by Crippen LogP contribution is 2.27. The van der Waals surface area contributed by atoms with Crippen LogP contribution in [0.4, 0.5) is 13.2 Å². The number of thiophene rings is 1. The number of hydrogen-bond donors (Lipinski definition) is 0. The summed E-state index contributed by atoms with van der Waals surface area (Å²) in [5.41, 5.74) is -5.43. The maximum absolute atomic E-state index is 12.2. The first-order valence-corrected chi connectivity index (χ1v) is 6.92. The number of sulfonamides is 1. The fourth-order valence-corrected chi connectivity index (χ4v) is 2.63. The topological polar surface area (TPSA) is 46.5 Å². The van der Waals surface area contributed by atoms with Crippen molar-refractivity contribution in [3.63, 3.8) is 0 Å². The first kappa shape index (κ1) is 14.2. The molecule has 0 aliphatic rings. The molecule has 0 N–H and O–H groups in total. The SMILES string of the molecule is CC(C)C(=NS(=O)(=O)C(F)(F)F)c1cccs1. The molecule has 0 amide bonds. The van der Waals surface area contributed by atoms with Crippen molar-refractivity contribution in [2.24, 2.45) is 10.3 Å². The number of hydrogen-bond acceptors (Lipinski definition) is 3. The Hall–Kier alpha value is -0.890. The molecule has 0 aromatic carbocycles. The Morgan fingerprint density at radius 1 is 1.41 bits per heavy atom. The van der Waals surface area contributed by atoms with E-state index in [0.29, 0.717) is 4.88 Å². The predicted octanol–water partition coefficient (Wildman–Crippen LogP) is 3.04. The van der Waals surface area contributed by atoms with Crippen LogP contribution in [0.2, 0.25) is 0 Å². The molecule has 0 saturated carbocycles.